The third-order valence-corrected chi connectivity index (χ3v) is 7.01. The van der Waals surface area contributed by atoms with Crippen molar-refractivity contribution >= 4 is 22.3 Å². The van der Waals surface area contributed by atoms with Gasteiger partial charge in [-0.1, -0.05) is 12.1 Å². The third kappa shape index (κ3) is 6.54. The molecular formula is C28H29F3N6O2. The van der Waals surface area contributed by atoms with Crippen LogP contribution in [0.3, 0.4) is 0 Å². The molecule has 0 atom stereocenters. The predicted octanol–water partition coefficient (Wildman–Crippen LogP) is 5.65. The fourth-order valence-electron chi connectivity index (χ4n) is 4.97. The minimum absolute atomic E-state index is 0.145. The number of anilines is 2. The van der Waals surface area contributed by atoms with Gasteiger partial charge in [0.25, 0.3) is 5.56 Å². The molecular weight excluding hydrogens is 509 g/mol. The lowest BCUT2D eigenvalue weighted by molar-refractivity contribution is -0.136. The van der Waals surface area contributed by atoms with Crippen LogP contribution in [-0.2, 0) is 0 Å². The minimum Gasteiger partial charge on any atom is -0.480 e. The molecule has 1 aromatic carbocycles. The lowest BCUT2D eigenvalue weighted by Crippen LogP contribution is -2.34. The number of nitrogens with one attached hydrogen (secondary N) is 2. The van der Waals surface area contributed by atoms with E-state index in [1.807, 2.05) is 12.1 Å². The molecule has 0 amide bonds. The van der Waals surface area contributed by atoms with Crippen molar-refractivity contribution in [3.63, 3.8) is 0 Å². The summed E-state index contributed by atoms with van der Waals surface area (Å²) < 4.78 is 42.5. The Morgan fingerprint density at radius 2 is 1.85 bits per heavy atom. The molecule has 3 aromatic heterocycles. The van der Waals surface area contributed by atoms with E-state index in [1.54, 1.807) is 24.5 Å². The first kappa shape index (κ1) is 26.6. The van der Waals surface area contributed by atoms with Crippen molar-refractivity contribution in [1.82, 2.24) is 24.8 Å². The number of methoxy groups -OCH3 is 1. The van der Waals surface area contributed by atoms with E-state index in [-0.39, 0.29) is 12.0 Å². The smallest absolute Gasteiger partial charge is 0.389 e. The first-order valence-electron chi connectivity index (χ1n) is 12.8. The second-order valence-corrected chi connectivity index (χ2v) is 9.66. The van der Waals surface area contributed by atoms with Gasteiger partial charge in [-0.2, -0.15) is 13.2 Å². The van der Waals surface area contributed by atoms with Crippen molar-refractivity contribution in [2.75, 3.05) is 32.1 Å². The van der Waals surface area contributed by atoms with Crippen LogP contribution in [0, 0.1) is 0 Å². The van der Waals surface area contributed by atoms with E-state index in [1.165, 1.54) is 18.9 Å². The van der Waals surface area contributed by atoms with E-state index >= 15 is 0 Å². The number of hydrogen-bond donors (Lipinski definition) is 2. The molecule has 8 nitrogen and oxygen atoms in total. The van der Waals surface area contributed by atoms with E-state index < -0.39 is 12.6 Å². The number of hydrogen-bond acceptors (Lipinski definition) is 7. The molecule has 1 aliphatic rings. The maximum absolute atomic E-state index is 12.7. The Kier molecular flexibility index (Phi) is 7.78. The van der Waals surface area contributed by atoms with Crippen LogP contribution >= 0.6 is 0 Å². The summed E-state index contributed by atoms with van der Waals surface area (Å²) in [5.74, 6) is 1.11. The zero-order chi connectivity index (χ0) is 27.4. The molecule has 1 fully saturated rings. The van der Waals surface area contributed by atoms with E-state index in [9.17, 15) is 18.0 Å². The van der Waals surface area contributed by atoms with Crippen molar-refractivity contribution < 1.29 is 17.9 Å². The number of nitrogens with zero attached hydrogens (tertiary/aromatic N) is 4. The van der Waals surface area contributed by atoms with E-state index in [0.717, 1.165) is 31.6 Å². The quantitative estimate of drug-likeness (QED) is 0.299. The summed E-state index contributed by atoms with van der Waals surface area (Å²) in [7, 11) is 1.51. The van der Waals surface area contributed by atoms with Crippen LogP contribution in [0.4, 0.5) is 24.7 Å². The average molecular weight is 539 g/mol. The van der Waals surface area contributed by atoms with Crippen LogP contribution < -0.4 is 15.6 Å². The Morgan fingerprint density at radius 3 is 2.56 bits per heavy atom. The normalized spacial score (nSPS) is 15.0. The van der Waals surface area contributed by atoms with Crippen LogP contribution in [0.25, 0.3) is 22.2 Å². The van der Waals surface area contributed by atoms with Gasteiger partial charge in [0.1, 0.15) is 11.5 Å². The number of aromatic amines is 1. The van der Waals surface area contributed by atoms with Gasteiger partial charge in [0.15, 0.2) is 0 Å². The van der Waals surface area contributed by atoms with E-state index in [4.69, 9.17) is 9.72 Å². The second-order valence-electron chi connectivity index (χ2n) is 9.66. The fourth-order valence-corrected chi connectivity index (χ4v) is 4.97. The zero-order valence-corrected chi connectivity index (χ0v) is 21.5. The first-order chi connectivity index (χ1) is 18.8. The molecule has 4 aromatic rings. The highest BCUT2D eigenvalue weighted by atomic mass is 19.4. The minimum atomic E-state index is -4.09. The second kappa shape index (κ2) is 11.4. The Hall–Kier alpha value is -3.99. The van der Waals surface area contributed by atoms with Gasteiger partial charge in [0.2, 0.25) is 5.88 Å². The van der Waals surface area contributed by atoms with Gasteiger partial charge in [-0.25, -0.2) is 9.97 Å². The highest BCUT2D eigenvalue weighted by Crippen LogP contribution is 2.31. The first-order valence-corrected chi connectivity index (χ1v) is 12.8. The predicted molar refractivity (Wildman–Crippen MR) is 143 cm³/mol. The largest absolute Gasteiger partial charge is 0.480 e. The zero-order valence-electron chi connectivity index (χ0n) is 21.5. The van der Waals surface area contributed by atoms with Gasteiger partial charge in [-0.05, 0) is 80.0 Å². The van der Waals surface area contributed by atoms with Crippen LogP contribution in [0.2, 0.25) is 0 Å². The summed E-state index contributed by atoms with van der Waals surface area (Å²) in [6.07, 6.45) is 1.82. The number of pyridine rings is 2. The molecule has 1 aliphatic heterocycles. The molecule has 4 heterocycles. The number of alkyl halides is 3. The summed E-state index contributed by atoms with van der Waals surface area (Å²) in [5, 5.41) is 4.42. The van der Waals surface area contributed by atoms with Crippen LogP contribution in [0.5, 0.6) is 5.88 Å². The third-order valence-electron chi connectivity index (χ3n) is 7.01. The van der Waals surface area contributed by atoms with Crippen molar-refractivity contribution in [3.8, 4) is 17.3 Å². The van der Waals surface area contributed by atoms with Gasteiger partial charge in [0.05, 0.1) is 30.6 Å². The molecule has 1 saturated heterocycles. The number of likely N-dealkylation sites (tertiary alicyclic amines) is 1. The monoisotopic (exact) mass is 538 g/mol. The summed E-state index contributed by atoms with van der Waals surface area (Å²) in [6, 6.07) is 11.6. The number of piperidine rings is 1. The van der Waals surface area contributed by atoms with Crippen LogP contribution in [0.15, 0.2) is 59.8 Å². The number of fused-ring (bicyclic) bond motifs is 1. The van der Waals surface area contributed by atoms with Crippen molar-refractivity contribution in [3.05, 3.63) is 70.9 Å². The van der Waals surface area contributed by atoms with E-state index in [0.29, 0.717) is 46.3 Å². The SMILES string of the molecule is COc1cncc(-c2cc3cc[nH]c(=O)c3c(Nc3ccc(C4CCN(CCCC(F)(F)F)CC4)cc3)n2)n1. The molecule has 0 saturated carbocycles. The lowest BCUT2D eigenvalue weighted by atomic mass is 9.89. The highest BCUT2D eigenvalue weighted by molar-refractivity contribution is 5.94. The van der Waals surface area contributed by atoms with Crippen molar-refractivity contribution in [1.29, 1.82) is 0 Å². The molecule has 11 heteroatoms. The molecule has 0 unspecified atom stereocenters. The summed E-state index contributed by atoms with van der Waals surface area (Å²) in [4.78, 5) is 30.8. The summed E-state index contributed by atoms with van der Waals surface area (Å²) in [5.41, 5.74) is 2.76. The Labute approximate surface area is 223 Å². The number of halogens is 3. The van der Waals surface area contributed by atoms with E-state index in [2.05, 4.69) is 37.3 Å². The van der Waals surface area contributed by atoms with Crippen molar-refractivity contribution in [2.45, 2.75) is 37.8 Å². The molecule has 5 rings (SSSR count). The van der Waals surface area contributed by atoms with Gasteiger partial charge < -0.3 is 19.9 Å². The topological polar surface area (TPSA) is 96.0 Å². The summed E-state index contributed by atoms with van der Waals surface area (Å²) in [6.45, 7) is 2.07. The van der Waals surface area contributed by atoms with Gasteiger partial charge in [0, 0.05) is 18.3 Å². The maximum atomic E-state index is 12.7. The molecule has 204 valence electrons. The fraction of sp³-hybridized carbons (Fsp3) is 0.357. The lowest BCUT2D eigenvalue weighted by Gasteiger charge is -2.32. The molecule has 0 spiro atoms. The standard InChI is InChI=1S/C28H29F3N6O2/c1-39-24-17-32-16-23(35-24)22-15-20-7-11-33-27(38)25(20)26(36-22)34-21-5-3-18(4-6-21)19-8-13-37(14-9-19)12-2-10-28(29,30)31/h3-7,11,15-17,19H,2,8-10,12-14H2,1H3,(H,33,38)(H,34,36). The molecule has 39 heavy (non-hydrogen) atoms. The Morgan fingerprint density at radius 1 is 1.08 bits per heavy atom. The number of ether oxygens (including phenoxy) is 1. The van der Waals surface area contributed by atoms with Gasteiger partial charge in [-0.15, -0.1) is 0 Å². The Bertz CT molecular complexity index is 1480. The Balaban J connectivity index is 1.31. The molecule has 2 N–H and O–H groups in total. The average Bonchev–Trinajstić information content (AvgIpc) is 2.93. The number of rotatable bonds is 8. The highest BCUT2D eigenvalue weighted by Gasteiger charge is 2.27. The van der Waals surface area contributed by atoms with Crippen molar-refractivity contribution in [2.24, 2.45) is 0 Å². The van der Waals surface area contributed by atoms with Crippen LogP contribution in [0.1, 0.15) is 37.2 Å². The number of benzene rings is 1. The van der Waals surface area contributed by atoms with Gasteiger partial charge >= 0.3 is 6.18 Å². The molecule has 0 radical (unpaired) electrons. The molecule has 0 bridgehead atoms. The molecule has 0 aliphatic carbocycles. The number of H-pyrrole nitrogens is 1. The van der Waals surface area contributed by atoms with Crippen LogP contribution in [-0.4, -0.2) is 57.8 Å². The maximum Gasteiger partial charge on any atom is 0.389 e. The van der Waals surface area contributed by atoms with Gasteiger partial charge in [-0.3, -0.25) is 9.78 Å². The number of aromatic nitrogens is 4. The summed E-state index contributed by atoms with van der Waals surface area (Å²) >= 11 is 0.